The fraction of sp³-hybridized carbons (Fsp3) is 0.263. The van der Waals surface area contributed by atoms with Crippen molar-refractivity contribution >= 4 is 40.4 Å². The topological polar surface area (TPSA) is 59.2 Å². The molecule has 0 fully saturated rings. The number of amides is 1. The van der Waals surface area contributed by atoms with Crippen LogP contribution in [0.25, 0.3) is 10.8 Å². The van der Waals surface area contributed by atoms with E-state index < -0.39 is 0 Å². The van der Waals surface area contributed by atoms with E-state index >= 15 is 0 Å². The first-order valence-corrected chi connectivity index (χ1v) is 8.93. The van der Waals surface area contributed by atoms with Crippen molar-refractivity contribution in [2.45, 2.75) is 12.8 Å². The third kappa shape index (κ3) is 4.57. The Bertz CT molecular complexity index is 844. The Hall–Kier alpha value is -1.95. The Morgan fingerprint density at radius 3 is 2.72 bits per heavy atom. The van der Waals surface area contributed by atoms with Crippen LogP contribution in [0.4, 0.5) is 0 Å². The first-order valence-electron chi connectivity index (χ1n) is 8.05. The predicted octanol–water partition coefficient (Wildman–Crippen LogP) is 3.53. The van der Waals surface area contributed by atoms with Crippen LogP contribution < -0.4 is 5.73 Å². The highest BCUT2D eigenvalue weighted by Crippen LogP contribution is 2.19. The fourth-order valence-corrected chi connectivity index (χ4v) is 3.53. The monoisotopic (exact) mass is 375 g/mol. The van der Waals surface area contributed by atoms with Gasteiger partial charge in [-0.25, -0.2) is 4.98 Å². The predicted molar refractivity (Wildman–Crippen MR) is 107 cm³/mol. The highest BCUT2D eigenvalue weighted by atomic mass is 35.5. The molecule has 132 valence electrons. The van der Waals surface area contributed by atoms with Gasteiger partial charge in [0.2, 0.25) is 0 Å². The van der Waals surface area contributed by atoms with Gasteiger partial charge in [0.05, 0.1) is 5.01 Å². The van der Waals surface area contributed by atoms with Crippen molar-refractivity contribution in [2.24, 2.45) is 5.73 Å². The SMILES string of the molecule is CN(CCc1cccc2ccccc12)C(=O)c1csc(CCN)n1.Cl. The van der Waals surface area contributed by atoms with Gasteiger partial charge in [0.15, 0.2) is 0 Å². The van der Waals surface area contributed by atoms with E-state index in [2.05, 4.69) is 41.4 Å². The van der Waals surface area contributed by atoms with E-state index in [1.54, 1.807) is 4.90 Å². The number of likely N-dealkylation sites (N-methyl/N-ethyl adjacent to an activating group) is 1. The number of carbonyl (C=O) groups excluding carboxylic acids is 1. The van der Waals surface area contributed by atoms with E-state index in [0.29, 0.717) is 18.8 Å². The fourth-order valence-electron chi connectivity index (χ4n) is 2.74. The third-order valence-electron chi connectivity index (χ3n) is 4.07. The largest absolute Gasteiger partial charge is 0.340 e. The molecule has 2 N–H and O–H groups in total. The molecule has 0 saturated heterocycles. The summed E-state index contributed by atoms with van der Waals surface area (Å²) in [6, 6.07) is 14.6. The Morgan fingerprint density at radius 2 is 1.92 bits per heavy atom. The van der Waals surface area contributed by atoms with Gasteiger partial charge in [0.1, 0.15) is 5.69 Å². The quantitative estimate of drug-likeness (QED) is 0.716. The van der Waals surface area contributed by atoms with Crippen molar-refractivity contribution in [1.82, 2.24) is 9.88 Å². The second kappa shape index (κ2) is 8.94. The van der Waals surface area contributed by atoms with Gasteiger partial charge in [0.25, 0.3) is 5.91 Å². The standard InChI is InChI=1S/C19H21N3OS.ClH/c1-22(19(23)17-13-24-18(21-17)9-11-20)12-10-15-7-4-6-14-5-2-3-8-16(14)15;/h2-8,13H,9-12,20H2,1H3;1H. The molecule has 2 aromatic carbocycles. The zero-order valence-electron chi connectivity index (χ0n) is 14.1. The molecule has 25 heavy (non-hydrogen) atoms. The maximum Gasteiger partial charge on any atom is 0.273 e. The normalized spacial score (nSPS) is 10.5. The van der Waals surface area contributed by atoms with Gasteiger partial charge in [-0.1, -0.05) is 42.5 Å². The summed E-state index contributed by atoms with van der Waals surface area (Å²) in [4.78, 5) is 18.6. The summed E-state index contributed by atoms with van der Waals surface area (Å²) >= 11 is 1.50. The molecule has 1 heterocycles. The molecule has 1 aromatic heterocycles. The second-order valence-electron chi connectivity index (χ2n) is 5.78. The van der Waals surface area contributed by atoms with Gasteiger partial charge in [-0.2, -0.15) is 0 Å². The maximum atomic E-state index is 12.5. The number of rotatable bonds is 6. The summed E-state index contributed by atoms with van der Waals surface area (Å²) in [5, 5.41) is 5.22. The number of hydrogen-bond donors (Lipinski definition) is 1. The second-order valence-corrected chi connectivity index (χ2v) is 6.72. The summed E-state index contributed by atoms with van der Waals surface area (Å²) in [5.41, 5.74) is 7.31. The van der Waals surface area contributed by atoms with Crippen LogP contribution in [-0.4, -0.2) is 35.9 Å². The van der Waals surface area contributed by atoms with Gasteiger partial charge in [-0.3, -0.25) is 4.79 Å². The van der Waals surface area contributed by atoms with Crippen molar-refractivity contribution in [1.29, 1.82) is 0 Å². The van der Waals surface area contributed by atoms with Crippen molar-refractivity contribution < 1.29 is 4.79 Å². The minimum absolute atomic E-state index is 0. The minimum Gasteiger partial charge on any atom is -0.340 e. The van der Waals surface area contributed by atoms with Crippen LogP contribution in [-0.2, 0) is 12.8 Å². The molecule has 0 aliphatic rings. The van der Waals surface area contributed by atoms with Gasteiger partial charge < -0.3 is 10.6 Å². The van der Waals surface area contributed by atoms with Crippen LogP contribution >= 0.6 is 23.7 Å². The van der Waals surface area contributed by atoms with Crippen LogP contribution in [0, 0.1) is 0 Å². The average molecular weight is 376 g/mol. The summed E-state index contributed by atoms with van der Waals surface area (Å²) in [6.07, 6.45) is 1.54. The number of carbonyl (C=O) groups is 1. The molecule has 1 amide bonds. The molecule has 0 spiro atoms. The zero-order chi connectivity index (χ0) is 16.9. The smallest absolute Gasteiger partial charge is 0.273 e. The number of benzene rings is 2. The van der Waals surface area contributed by atoms with Crippen LogP contribution in [0.2, 0.25) is 0 Å². The number of fused-ring (bicyclic) bond motifs is 1. The highest BCUT2D eigenvalue weighted by Gasteiger charge is 2.15. The number of aromatic nitrogens is 1. The summed E-state index contributed by atoms with van der Waals surface area (Å²) in [5.74, 6) is -0.0326. The third-order valence-corrected chi connectivity index (χ3v) is 4.98. The van der Waals surface area contributed by atoms with E-state index in [9.17, 15) is 4.79 Å². The molecule has 0 saturated carbocycles. The van der Waals surface area contributed by atoms with Crippen LogP contribution in [0.3, 0.4) is 0 Å². The molecule has 0 unspecified atom stereocenters. The van der Waals surface area contributed by atoms with Crippen LogP contribution in [0.5, 0.6) is 0 Å². The highest BCUT2D eigenvalue weighted by molar-refractivity contribution is 7.09. The van der Waals surface area contributed by atoms with Gasteiger partial charge in [-0.15, -0.1) is 23.7 Å². The lowest BCUT2D eigenvalue weighted by molar-refractivity contribution is 0.0791. The molecular weight excluding hydrogens is 354 g/mol. The molecular formula is C19H22ClN3OS. The first-order chi connectivity index (χ1) is 11.7. The van der Waals surface area contributed by atoms with E-state index in [1.807, 2.05) is 18.5 Å². The molecule has 0 bridgehead atoms. The van der Waals surface area contributed by atoms with E-state index in [1.165, 1.54) is 27.7 Å². The number of nitrogens with two attached hydrogens (primary N) is 1. The zero-order valence-corrected chi connectivity index (χ0v) is 15.8. The Morgan fingerprint density at radius 1 is 1.16 bits per heavy atom. The van der Waals surface area contributed by atoms with E-state index in [-0.39, 0.29) is 18.3 Å². The van der Waals surface area contributed by atoms with E-state index in [4.69, 9.17) is 5.73 Å². The lowest BCUT2D eigenvalue weighted by Gasteiger charge is -2.16. The van der Waals surface area contributed by atoms with Gasteiger partial charge in [-0.05, 0) is 29.3 Å². The maximum absolute atomic E-state index is 12.5. The van der Waals surface area contributed by atoms with Crippen LogP contribution in [0.15, 0.2) is 47.8 Å². The molecule has 0 aliphatic heterocycles. The Labute approximate surface area is 158 Å². The number of nitrogens with zero attached hydrogens (tertiary/aromatic N) is 2. The first kappa shape index (κ1) is 19.4. The van der Waals surface area contributed by atoms with Crippen molar-refractivity contribution in [2.75, 3.05) is 20.1 Å². The van der Waals surface area contributed by atoms with Crippen molar-refractivity contribution in [3.05, 3.63) is 64.1 Å². The van der Waals surface area contributed by atoms with Gasteiger partial charge >= 0.3 is 0 Å². The van der Waals surface area contributed by atoms with Crippen molar-refractivity contribution in [3.63, 3.8) is 0 Å². The number of halogens is 1. The summed E-state index contributed by atoms with van der Waals surface area (Å²) < 4.78 is 0. The minimum atomic E-state index is -0.0326. The molecule has 0 atom stereocenters. The molecule has 0 aliphatic carbocycles. The van der Waals surface area contributed by atoms with Crippen LogP contribution in [0.1, 0.15) is 21.1 Å². The number of hydrogen-bond acceptors (Lipinski definition) is 4. The lowest BCUT2D eigenvalue weighted by Crippen LogP contribution is -2.29. The number of thiazole rings is 1. The molecule has 4 nitrogen and oxygen atoms in total. The molecule has 3 rings (SSSR count). The molecule has 0 radical (unpaired) electrons. The summed E-state index contributed by atoms with van der Waals surface area (Å²) in [6.45, 7) is 1.22. The molecule has 6 heteroatoms. The van der Waals surface area contributed by atoms with Crippen molar-refractivity contribution in [3.8, 4) is 0 Å². The lowest BCUT2D eigenvalue weighted by atomic mass is 10.0. The Kier molecular flexibility index (Phi) is 6.93. The van der Waals surface area contributed by atoms with Gasteiger partial charge in [0, 0.05) is 25.4 Å². The average Bonchev–Trinajstić information content (AvgIpc) is 3.08. The Balaban J connectivity index is 0.00000225. The summed E-state index contributed by atoms with van der Waals surface area (Å²) in [7, 11) is 1.83. The van der Waals surface area contributed by atoms with E-state index in [0.717, 1.165) is 17.8 Å². The molecule has 3 aromatic rings.